The van der Waals surface area contributed by atoms with Crippen molar-refractivity contribution in [3.8, 4) is 0 Å². The molecule has 1 aliphatic carbocycles. The first-order valence-corrected chi connectivity index (χ1v) is 7.26. The minimum atomic E-state index is -0.131. The van der Waals surface area contributed by atoms with Crippen molar-refractivity contribution < 1.29 is 9.84 Å². The number of hydrogen-bond donors (Lipinski definition) is 3. The third-order valence-electron chi connectivity index (χ3n) is 3.55. The first-order valence-electron chi connectivity index (χ1n) is 7.26. The molecule has 6 nitrogen and oxygen atoms in total. The van der Waals surface area contributed by atoms with Gasteiger partial charge < -0.3 is 20.5 Å². The van der Waals surface area contributed by atoms with Gasteiger partial charge in [0.05, 0.1) is 6.10 Å². The van der Waals surface area contributed by atoms with Crippen LogP contribution in [-0.4, -0.2) is 41.4 Å². The lowest BCUT2D eigenvalue weighted by Crippen LogP contribution is -2.14. The van der Waals surface area contributed by atoms with Gasteiger partial charge in [-0.3, -0.25) is 0 Å². The van der Waals surface area contributed by atoms with Crippen molar-refractivity contribution in [3.05, 3.63) is 11.9 Å². The molecule has 0 aromatic carbocycles. The van der Waals surface area contributed by atoms with Crippen molar-refractivity contribution in [1.29, 1.82) is 0 Å². The predicted molar refractivity (Wildman–Crippen MR) is 78.7 cm³/mol. The molecule has 6 heteroatoms. The SMILES string of the molecule is CCOCc1nc(NC)cc(NCC2CCC(O)C2)n1. The predicted octanol–water partition coefficient (Wildman–Crippen LogP) is 1.63. The van der Waals surface area contributed by atoms with Crippen molar-refractivity contribution >= 4 is 11.6 Å². The van der Waals surface area contributed by atoms with Crippen LogP contribution in [-0.2, 0) is 11.3 Å². The zero-order valence-corrected chi connectivity index (χ0v) is 12.2. The summed E-state index contributed by atoms with van der Waals surface area (Å²) in [5.41, 5.74) is 0. The van der Waals surface area contributed by atoms with Gasteiger partial charge in [-0.15, -0.1) is 0 Å². The second kappa shape index (κ2) is 7.40. The molecule has 0 spiro atoms. The number of hydrogen-bond acceptors (Lipinski definition) is 6. The summed E-state index contributed by atoms with van der Waals surface area (Å²) in [5, 5.41) is 15.9. The van der Waals surface area contributed by atoms with E-state index in [9.17, 15) is 5.11 Å². The van der Waals surface area contributed by atoms with Crippen molar-refractivity contribution in [2.75, 3.05) is 30.8 Å². The molecule has 2 unspecified atom stereocenters. The summed E-state index contributed by atoms with van der Waals surface area (Å²) in [6.07, 6.45) is 2.73. The fourth-order valence-corrected chi connectivity index (χ4v) is 2.46. The van der Waals surface area contributed by atoms with E-state index in [0.717, 1.165) is 37.4 Å². The third-order valence-corrected chi connectivity index (χ3v) is 3.55. The number of ether oxygens (including phenoxy) is 1. The number of anilines is 2. The number of aliphatic hydroxyl groups is 1. The van der Waals surface area contributed by atoms with Crippen LogP contribution in [0.15, 0.2) is 6.07 Å². The Balaban J connectivity index is 1.95. The average molecular weight is 280 g/mol. The lowest BCUT2D eigenvalue weighted by molar-refractivity contribution is 0.128. The maximum absolute atomic E-state index is 9.54. The first-order chi connectivity index (χ1) is 9.71. The van der Waals surface area contributed by atoms with E-state index in [1.165, 1.54) is 0 Å². The van der Waals surface area contributed by atoms with E-state index in [1.54, 1.807) is 0 Å². The van der Waals surface area contributed by atoms with E-state index in [1.807, 2.05) is 20.0 Å². The summed E-state index contributed by atoms with van der Waals surface area (Å²) >= 11 is 0. The van der Waals surface area contributed by atoms with Crippen LogP contribution in [0.25, 0.3) is 0 Å². The Kier molecular flexibility index (Phi) is 5.55. The molecule has 3 N–H and O–H groups in total. The summed E-state index contributed by atoms with van der Waals surface area (Å²) in [4.78, 5) is 8.80. The third kappa shape index (κ3) is 4.31. The van der Waals surface area contributed by atoms with Crippen molar-refractivity contribution in [1.82, 2.24) is 9.97 Å². The standard InChI is InChI=1S/C14H24N4O2/c1-3-20-9-14-17-12(15-2)7-13(18-14)16-8-10-4-5-11(19)6-10/h7,10-11,19H,3-6,8-9H2,1-2H3,(H2,15,16,17,18). The van der Waals surface area contributed by atoms with Gasteiger partial charge >= 0.3 is 0 Å². The highest BCUT2D eigenvalue weighted by Crippen LogP contribution is 2.25. The minimum Gasteiger partial charge on any atom is -0.393 e. The molecule has 20 heavy (non-hydrogen) atoms. The van der Waals surface area contributed by atoms with Gasteiger partial charge in [0, 0.05) is 26.3 Å². The fourth-order valence-electron chi connectivity index (χ4n) is 2.46. The molecule has 2 rings (SSSR count). The normalized spacial score (nSPS) is 21.9. The molecule has 1 aromatic rings. The maximum atomic E-state index is 9.54. The van der Waals surface area contributed by atoms with Crippen LogP contribution >= 0.6 is 0 Å². The van der Waals surface area contributed by atoms with Crippen molar-refractivity contribution in [2.45, 2.75) is 38.9 Å². The Morgan fingerprint density at radius 2 is 2.15 bits per heavy atom. The van der Waals surface area contributed by atoms with E-state index in [-0.39, 0.29) is 6.10 Å². The highest BCUT2D eigenvalue weighted by Gasteiger charge is 2.22. The van der Waals surface area contributed by atoms with Gasteiger partial charge in [0.2, 0.25) is 0 Å². The molecule has 0 radical (unpaired) electrons. The van der Waals surface area contributed by atoms with Crippen LogP contribution in [0.5, 0.6) is 0 Å². The van der Waals surface area contributed by atoms with Gasteiger partial charge in [-0.25, -0.2) is 9.97 Å². The van der Waals surface area contributed by atoms with Gasteiger partial charge in [-0.05, 0) is 32.1 Å². The van der Waals surface area contributed by atoms with E-state index in [4.69, 9.17) is 4.74 Å². The molecule has 0 aliphatic heterocycles. The largest absolute Gasteiger partial charge is 0.393 e. The van der Waals surface area contributed by atoms with Gasteiger partial charge in [-0.1, -0.05) is 0 Å². The summed E-state index contributed by atoms with van der Waals surface area (Å²) in [5.74, 6) is 2.78. The molecular weight excluding hydrogens is 256 g/mol. The average Bonchev–Trinajstić information content (AvgIpc) is 2.88. The van der Waals surface area contributed by atoms with Gasteiger partial charge in [0.1, 0.15) is 18.2 Å². The molecule has 0 saturated heterocycles. The molecule has 2 atom stereocenters. The molecule has 1 saturated carbocycles. The Morgan fingerprint density at radius 1 is 1.35 bits per heavy atom. The molecule has 0 bridgehead atoms. The molecule has 1 aromatic heterocycles. The van der Waals surface area contributed by atoms with E-state index < -0.39 is 0 Å². The van der Waals surface area contributed by atoms with Crippen LogP contribution in [0, 0.1) is 5.92 Å². The zero-order chi connectivity index (χ0) is 14.4. The number of nitrogens with zero attached hydrogens (tertiary/aromatic N) is 2. The van der Waals surface area contributed by atoms with Crippen LogP contribution in [0.1, 0.15) is 32.0 Å². The topological polar surface area (TPSA) is 79.3 Å². The van der Waals surface area contributed by atoms with Gasteiger partial charge in [0.15, 0.2) is 5.82 Å². The Hall–Kier alpha value is -1.40. The van der Waals surface area contributed by atoms with Gasteiger partial charge in [0.25, 0.3) is 0 Å². The maximum Gasteiger partial charge on any atom is 0.158 e. The second-order valence-electron chi connectivity index (χ2n) is 5.16. The highest BCUT2D eigenvalue weighted by atomic mass is 16.5. The first kappa shape index (κ1) is 15.0. The lowest BCUT2D eigenvalue weighted by Gasteiger charge is -2.13. The van der Waals surface area contributed by atoms with Crippen LogP contribution < -0.4 is 10.6 Å². The summed E-state index contributed by atoms with van der Waals surface area (Å²) in [6, 6.07) is 1.89. The smallest absolute Gasteiger partial charge is 0.158 e. The van der Waals surface area contributed by atoms with E-state index in [0.29, 0.717) is 25.0 Å². The molecule has 0 amide bonds. The van der Waals surface area contributed by atoms with Crippen molar-refractivity contribution in [3.63, 3.8) is 0 Å². The lowest BCUT2D eigenvalue weighted by atomic mass is 10.1. The fraction of sp³-hybridized carbons (Fsp3) is 0.714. The molecule has 1 aliphatic rings. The quantitative estimate of drug-likeness (QED) is 0.704. The van der Waals surface area contributed by atoms with Crippen molar-refractivity contribution in [2.24, 2.45) is 5.92 Å². The monoisotopic (exact) mass is 280 g/mol. The van der Waals surface area contributed by atoms with Crippen LogP contribution in [0.4, 0.5) is 11.6 Å². The summed E-state index contributed by atoms with van der Waals surface area (Å²) < 4.78 is 5.35. The van der Waals surface area contributed by atoms with E-state index in [2.05, 4.69) is 20.6 Å². The molecule has 1 heterocycles. The second-order valence-corrected chi connectivity index (χ2v) is 5.16. The van der Waals surface area contributed by atoms with Crippen LogP contribution in [0.3, 0.4) is 0 Å². The summed E-state index contributed by atoms with van der Waals surface area (Å²) in [7, 11) is 1.84. The summed E-state index contributed by atoms with van der Waals surface area (Å²) in [6.45, 7) is 3.86. The Morgan fingerprint density at radius 3 is 2.80 bits per heavy atom. The van der Waals surface area contributed by atoms with Gasteiger partial charge in [-0.2, -0.15) is 0 Å². The number of aliphatic hydroxyl groups excluding tert-OH is 1. The Bertz CT molecular complexity index is 428. The van der Waals surface area contributed by atoms with Crippen LogP contribution in [0.2, 0.25) is 0 Å². The number of aromatic nitrogens is 2. The Labute approximate surface area is 120 Å². The molecule has 112 valence electrons. The zero-order valence-electron chi connectivity index (χ0n) is 12.2. The molecule has 1 fully saturated rings. The highest BCUT2D eigenvalue weighted by molar-refractivity contribution is 5.47. The number of rotatable bonds is 7. The minimum absolute atomic E-state index is 0.131. The molecular formula is C14H24N4O2. The number of nitrogens with one attached hydrogen (secondary N) is 2. The van der Waals surface area contributed by atoms with E-state index >= 15 is 0 Å².